The van der Waals surface area contributed by atoms with E-state index >= 15 is 0 Å². The first-order valence-electron chi connectivity index (χ1n) is 27.5. The first kappa shape index (κ1) is 59.6. The van der Waals surface area contributed by atoms with Crippen molar-refractivity contribution >= 4 is 11.9 Å². The highest BCUT2D eigenvalue weighted by atomic mass is 16.5. The second kappa shape index (κ2) is 51.2. The number of hydrogen-bond donors (Lipinski definition) is 3. The Balaban J connectivity index is 3.41. The van der Waals surface area contributed by atoms with E-state index in [1.165, 1.54) is 238 Å². The SMILES string of the molecule is CCCCCCCCCCCCC/C=C/C(O)C(CO)NC(=O)CCCCCCCCCCCCCCCCCCCCCCOC(=O)CCCCCCCCCCCCC. The molecule has 0 radical (unpaired) electrons. The second-order valence-electron chi connectivity index (χ2n) is 18.9. The third-order valence-electron chi connectivity index (χ3n) is 12.8. The van der Waals surface area contributed by atoms with Crippen LogP contribution in [0.15, 0.2) is 12.2 Å². The van der Waals surface area contributed by atoms with Gasteiger partial charge in [0.1, 0.15) is 0 Å². The number of nitrogens with one attached hydrogen (secondary N) is 1. The van der Waals surface area contributed by atoms with Gasteiger partial charge < -0.3 is 20.3 Å². The molecule has 0 bridgehead atoms. The molecule has 0 saturated heterocycles. The third kappa shape index (κ3) is 47.9. The predicted molar refractivity (Wildman–Crippen MR) is 264 cm³/mol. The number of aliphatic hydroxyl groups excluding tert-OH is 2. The van der Waals surface area contributed by atoms with Crippen molar-refractivity contribution in [2.24, 2.45) is 0 Å². The molecule has 362 valence electrons. The van der Waals surface area contributed by atoms with Gasteiger partial charge in [0.2, 0.25) is 5.91 Å². The summed E-state index contributed by atoms with van der Waals surface area (Å²) < 4.78 is 5.46. The van der Waals surface area contributed by atoms with E-state index in [1.807, 2.05) is 6.08 Å². The van der Waals surface area contributed by atoms with Gasteiger partial charge in [0.25, 0.3) is 0 Å². The Kier molecular flexibility index (Phi) is 50.1. The summed E-state index contributed by atoms with van der Waals surface area (Å²) in [5.41, 5.74) is 0. The van der Waals surface area contributed by atoms with Gasteiger partial charge in [0.05, 0.1) is 25.4 Å². The summed E-state index contributed by atoms with van der Waals surface area (Å²) in [6, 6.07) is -0.627. The molecule has 0 aliphatic heterocycles. The molecule has 0 aromatic heterocycles. The van der Waals surface area contributed by atoms with E-state index in [4.69, 9.17) is 4.74 Å². The average molecular weight is 862 g/mol. The van der Waals surface area contributed by atoms with Crippen LogP contribution in [0.4, 0.5) is 0 Å². The molecule has 0 saturated carbocycles. The molecular weight excluding hydrogens is 755 g/mol. The standard InChI is InChI=1S/C55H107NO5/c1-3-5-7-9-11-13-15-24-28-31-35-39-43-47-53(58)52(51-57)56-54(59)48-44-40-36-32-29-25-22-20-18-16-17-19-21-23-26-30-34-38-42-46-50-61-55(60)49-45-41-37-33-27-14-12-10-8-6-4-2/h43,47,52-53,57-58H,3-42,44-46,48-51H2,1-2H3,(H,56,59)/b47-43+. The Morgan fingerprint density at radius 2 is 0.754 bits per heavy atom. The lowest BCUT2D eigenvalue weighted by Gasteiger charge is -2.20. The normalized spacial score (nSPS) is 12.7. The van der Waals surface area contributed by atoms with Gasteiger partial charge in [-0.2, -0.15) is 0 Å². The molecular formula is C55H107NO5. The zero-order valence-electron chi connectivity index (χ0n) is 41.2. The smallest absolute Gasteiger partial charge is 0.305 e. The van der Waals surface area contributed by atoms with Gasteiger partial charge in [0.15, 0.2) is 0 Å². The van der Waals surface area contributed by atoms with E-state index in [9.17, 15) is 19.8 Å². The number of ether oxygens (including phenoxy) is 1. The van der Waals surface area contributed by atoms with E-state index in [2.05, 4.69) is 19.2 Å². The number of esters is 1. The summed E-state index contributed by atoms with van der Waals surface area (Å²) in [7, 11) is 0. The molecule has 2 atom stereocenters. The minimum Gasteiger partial charge on any atom is -0.466 e. The fourth-order valence-electron chi connectivity index (χ4n) is 8.58. The van der Waals surface area contributed by atoms with Crippen molar-refractivity contribution in [3.8, 4) is 0 Å². The molecule has 0 heterocycles. The molecule has 0 aliphatic carbocycles. The Bertz CT molecular complexity index is 909. The van der Waals surface area contributed by atoms with Crippen LogP contribution in [-0.2, 0) is 14.3 Å². The van der Waals surface area contributed by atoms with Crippen LogP contribution >= 0.6 is 0 Å². The maximum absolute atomic E-state index is 12.4. The van der Waals surface area contributed by atoms with Gasteiger partial charge in [-0.05, 0) is 32.1 Å². The molecule has 0 aliphatic rings. The zero-order valence-corrected chi connectivity index (χ0v) is 41.2. The van der Waals surface area contributed by atoms with Gasteiger partial charge in [-0.25, -0.2) is 0 Å². The van der Waals surface area contributed by atoms with Crippen LogP contribution in [0.25, 0.3) is 0 Å². The maximum atomic E-state index is 12.4. The summed E-state index contributed by atoms with van der Waals surface area (Å²) in [4.78, 5) is 24.4. The van der Waals surface area contributed by atoms with E-state index in [-0.39, 0.29) is 18.5 Å². The first-order valence-corrected chi connectivity index (χ1v) is 27.5. The average Bonchev–Trinajstić information content (AvgIpc) is 3.26. The van der Waals surface area contributed by atoms with Gasteiger partial charge in [-0.1, -0.05) is 270 Å². The fraction of sp³-hybridized carbons (Fsp3) is 0.927. The monoisotopic (exact) mass is 862 g/mol. The van der Waals surface area contributed by atoms with Gasteiger partial charge in [-0.3, -0.25) is 9.59 Å². The lowest BCUT2D eigenvalue weighted by molar-refractivity contribution is -0.143. The van der Waals surface area contributed by atoms with Crippen molar-refractivity contribution in [3.05, 3.63) is 12.2 Å². The van der Waals surface area contributed by atoms with Crippen LogP contribution in [0.5, 0.6) is 0 Å². The van der Waals surface area contributed by atoms with Crippen molar-refractivity contribution < 1.29 is 24.5 Å². The van der Waals surface area contributed by atoms with Gasteiger partial charge >= 0.3 is 5.97 Å². The quantitative estimate of drug-likeness (QED) is 0.0322. The Morgan fingerprint density at radius 3 is 1.11 bits per heavy atom. The van der Waals surface area contributed by atoms with Crippen molar-refractivity contribution in [1.29, 1.82) is 0 Å². The van der Waals surface area contributed by atoms with Crippen molar-refractivity contribution in [2.75, 3.05) is 13.2 Å². The molecule has 3 N–H and O–H groups in total. The lowest BCUT2D eigenvalue weighted by Crippen LogP contribution is -2.45. The Hall–Kier alpha value is -1.40. The highest BCUT2D eigenvalue weighted by Crippen LogP contribution is 2.17. The third-order valence-corrected chi connectivity index (χ3v) is 12.8. The molecule has 0 fully saturated rings. The van der Waals surface area contributed by atoms with Crippen LogP contribution in [-0.4, -0.2) is 47.4 Å². The summed E-state index contributed by atoms with van der Waals surface area (Å²) in [6.07, 6.45) is 59.4. The van der Waals surface area contributed by atoms with E-state index in [0.29, 0.717) is 19.4 Å². The van der Waals surface area contributed by atoms with Crippen LogP contribution in [0.2, 0.25) is 0 Å². The summed E-state index contributed by atoms with van der Waals surface area (Å²) in [6.45, 7) is 4.90. The van der Waals surface area contributed by atoms with E-state index in [1.54, 1.807) is 6.08 Å². The number of carbonyl (C=O) groups is 2. The number of amides is 1. The predicted octanol–water partition coefficient (Wildman–Crippen LogP) is 16.5. The minimum absolute atomic E-state index is 0.00973. The van der Waals surface area contributed by atoms with Crippen LogP contribution in [0.1, 0.15) is 303 Å². The largest absolute Gasteiger partial charge is 0.466 e. The van der Waals surface area contributed by atoms with Crippen molar-refractivity contribution in [1.82, 2.24) is 5.32 Å². The van der Waals surface area contributed by atoms with Crippen molar-refractivity contribution in [2.45, 2.75) is 315 Å². The second-order valence-corrected chi connectivity index (χ2v) is 18.9. The highest BCUT2D eigenvalue weighted by Gasteiger charge is 2.18. The number of hydrogen-bond acceptors (Lipinski definition) is 5. The minimum atomic E-state index is -0.843. The van der Waals surface area contributed by atoms with E-state index in [0.717, 1.165) is 38.5 Å². The lowest BCUT2D eigenvalue weighted by atomic mass is 10.0. The van der Waals surface area contributed by atoms with Crippen LogP contribution in [0.3, 0.4) is 0 Å². The maximum Gasteiger partial charge on any atom is 0.305 e. The van der Waals surface area contributed by atoms with Crippen LogP contribution < -0.4 is 5.32 Å². The van der Waals surface area contributed by atoms with Gasteiger partial charge in [0, 0.05) is 12.8 Å². The molecule has 6 heteroatoms. The summed E-state index contributed by atoms with van der Waals surface area (Å²) in [5, 5.41) is 23.0. The summed E-state index contributed by atoms with van der Waals surface area (Å²) in [5.74, 6) is -0.0594. The number of allylic oxidation sites excluding steroid dienone is 1. The molecule has 1 amide bonds. The van der Waals surface area contributed by atoms with Crippen LogP contribution in [0, 0.1) is 0 Å². The number of rotatable bonds is 51. The Morgan fingerprint density at radius 1 is 0.443 bits per heavy atom. The molecule has 0 rings (SSSR count). The molecule has 6 nitrogen and oxygen atoms in total. The highest BCUT2D eigenvalue weighted by molar-refractivity contribution is 5.76. The molecule has 0 aromatic carbocycles. The summed E-state index contributed by atoms with van der Waals surface area (Å²) >= 11 is 0. The molecule has 0 aromatic rings. The van der Waals surface area contributed by atoms with Gasteiger partial charge in [-0.15, -0.1) is 0 Å². The topological polar surface area (TPSA) is 95.9 Å². The molecule has 61 heavy (non-hydrogen) atoms. The zero-order chi connectivity index (χ0) is 44.4. The molecule has 2 unspecified atom stereocenters. The number of aliphatic hydroxyl groups is 2. The first-order chi connectivity index (χ1) is 30.0. The number of carbonyl (C=O) groups excluding carboxylic acids is 2. The molecule has 0 spiro atoms. The fourth-order valence-corrected chi connectivity index (χ4v) is 8.58. The van der Waals surface area contributed by atoms with Crippen molar-refractivity contribution in [3.63, 3.8) is 0 Å². The Labute approximate surface area is 380 Å². The number of unbranched alkanes of at least 4 members (excludes halogenated alkanes) is 40. The van der Waals surface area contributed by atoms with E-state index < -0.39 is 12.1 Å².